The van der Waals surface area contributed by atoms with Crippen LogP contribution in [0.3, 0.4) is 0 Å². The SMILES string of the molecule is CCNC(=NCC(C)(C)S(C)(=O)=O)NCC1CCCN(C)C1c1cccs1.I. The van der Waals surface area contributed by atoms with E-state index in [-0.39, 0.29) is 30.5 Å². The van der Waals surface area contributed by atoms with Gasteiger partial charge in [-0.25, -0.2) is 8.42 Å². The van der Waals surface area contributed by atoms with Gasteiger partial charge in [0.05, 0.1) is 11.3 Å². The smallest absolute Gasteiger partial charge is 0.191 e. The summed E-state index contributed by atoms with van der Waals surface area (Å²) in [5.41, 5.74) is 0. The highest BCUT2D eigenvalue weighted by Crippen LogP contribution is 2.36. The molecule has 0 saturated carbocycles. The summed E-state index contributed by atoms with van der Waals surface area (Å²) in [6.07, 6.45) is 3.64. The van der Waals surface area contributed by atoms with Gasteiger partial charge in [0.15, 0.2) is 15.8 Å². The molecule has 28 heavy (non-hydrogen) atoms. The van der Waals surface area contributed by atoms with Crippen molar-refractivity contribution in [2.24, 2.45) is 10.9 Å². The second kappa shape index (κ2) is 11.1. The van der Waals surface area contributed by atoms with Crippen molar-refractivity contribution in [3.05, 3.63) is 22.4 Å². The summed E-state index contributed by atoms with van der Waals surface area (Å²) >= 11 is 1.82. The van der Waals surface area contributed by atoms with Gasteiger partial charge in [-0.2, -0.15) is 0 Å². The summed E-state index contributed by atoms with van der Waals surface area (Å²) in [5.74, 6) is 1.18. The molecule has 0 aliphatic carbocycles. The van der Waals surface area contributed by atoms with Crippen molar-refractivity contribution in [2.45, 2.75) is 44.4 Å². The van der Waals surface area contributed by atoms with Crippen LogP contribution in [0.25, 0.3) is 0 Å². The van der Waals surface area contributed by atoms with E-state index >= 15 is 0 Å². The van der Waals surface area contributed by atoms with Crippen molar-refractivity contribution >= 4 is 51.1 Å². The van der Waals surface area contributed by atoms with Gasteiger partial charge < -0.3 is 10.6 Å². The summed E-state index contributed by atoms with van der Waals surface area (Å²) in [5, 5.41) is 8.83. The first kappa shape index (κ1) is 25.6. The number of halogens is 1. The number of thiophene rings is 1. The summed E-state index contributed by atoms with van der Waals surface area (Å²) in [6, 6.07) is 4.76. The molecule has 2 N–H and O–H groups in total. The third kappa shape index (κ3) is 6.84. The van der Waals surface area contributed by atoms with Gasteiger partial charge in [0.1, 0.15) is 0 Å². The van der Waals surface area contributed by atoms with Gasteiger partial charge in [0.2, 0.25) is 0 Å². The molecule has 0 bridgehead atoms. The third-order valence-corrected chi connectivity index (χ3v) is 8.42. The number of hydrogen-bond acceptors (Lipinski definition) is 5. The molecule has 1 aliphatic heterocycles. The Balaban J connectivity index is 0.00000392. The van der Waals surface area contributed by atoms with Crippen molar-refractivity contribution in [3.8, 4) is 0 Å². The Bertz CT molecular complexity index is 720. The van der Waals surface area contributed by atoms with Crippen LogP contribution < -0.4 is 10.6 Å². The molecule has 2 heterocycles. The predicted molar refractivity (Wildman–Crippen MR) is 131 cm³/mol. The molecule has 1 fully saturated rings. The van der Waals surface area contributed by atoms with E-state index in [1.807, 2.05) is 18.3 Å². The van der Waals surface area contributed by atoms with Gasteiger partial charge in [-0.05, 0) is 64.6 Å². The van der Waals surface area contributed by atoms with Crippen LogP contribution in [-0.2, 0) is 9.84 Å². The molecular formula is C19H35IN4O2S2. The Morgan fingerprint density at radius 2 is 2.11 bits per heavy atom. The molecule has 0 radical (unpaired) electrons. The molecule has 0 spiro atoms. The number of guanidine groups is 1. The Labute approximate surface area is 191 Å². The molecule has 0 amide bonds. The number of piperidine rings is 1. The molecule has 2 unspecified atom stereocenters. The molecule has 162 valence electrons. The number of nitrogens with one attached hydrogen (secondary N) is 2. The van der Waals surface area contributed by atoms with Crippen molar-refractivity contribution in [3.63, 3.8) is 0 Å². The molecule has 1 aromatic rings. The zero-order valence-electron chi connectivity index (χ0n) is 17.6. The van der Waals surface area contributed by atoms with Crippen LogP contribution in [0.1, 0.15) is 44.5 Å². The summed E-state index contributed by atoms with van der Waals surface area (Å²) in [7, 11) is -0.963. The fourth-order valence-electron chi connectivity index (χ4n) is 3.34. The Kier molecular flexibility index (Phi) is 10.2. The fourth-order valence-corrected chi connectivity index (χ4v) is 4.62. The predicted octanol–water partition coefficient (Wildman–Crippen LogP) is 3.13. The van der Waals surface area contributed by atoms with E-state index in [1.54, 1.807) is 13.8 Å². The molecule has 2 rings (SSSR count). The summed E-state index contributed by atoms with van der Waals surface area (Å²) < 4.78 is 23.0. The molecule has 1 aliphatic rings. The van der Waals surface area contributed by atoms with E-state index in [0.29, 0.717) is 17.9 Å². The highest BCUT2D eigenvalue weighted by molar-refractivity contribution is 14.0. The van der Waals surface area contributed by atoms with Gasteiger partial charge >= 0.3 is 0 Å². The largest absolute Gasteiger partial charge is 0.357 e. The second-order valence-corrected chi connectivity index (χ2v) is 11.6. The standard InChI is InChI=1S/C19H34N4O2S2.HI/c1-6-20-18(22-14-19(2,3)27(5,24)25)21-13-15-9-7-11-23(4)17(15)16-10-8-12-26-16;/h8,10,12,15,17H,6-7,9,11,13-14H2,1-5H3,(H2,20,21,22);1H. The lowest BCUT2D eigenvalue weighted by atomic mass is 9.88. The first-order valence-electron chi connectivity index (χ1n) is 9.61. The van der Waals surface area contributed by atoms with E-state index in [1.165, 1.54) is 24.0 Å². The van der Waals surface area contributed by atoms with Crippen LogP contribution in [0, 0.1) is 5.92 Å². The van der Waals surface area contributed by atoms with Gasteiger partial charge in [-0.1, -0.05) is 6.07 Å². The van der Waals surface area contributed by atoms with Gasteiger partial charge in [0.25, 0.3) is 0 Å². The van der Waals surface area contributed by atoms with Crippen LogP contribution in [-0.4, -0.2) is 63.5 Å². The molecule has 1 aromatic heterocycles. The van der Waals surface area contributed by atoms with E-state index < -0.39 is 14.6 Å². The number of rotatable bonds is 7. The van der Waals surface area contributed by atoms with E-state index in [9.17, 15) is 8.42 Å². The van der Waals surface area contributed by atoms with Crippen molar-refractivity contribution < 1.29 is 8.42 Å². The van der Waals surface area contributed by atoms with Crippen LogP contribution >= 0.6 is 35.3 Å². The minimum Gasteiger partial charge on any atom is -0.357 e. The first-order chi connectivity index (χ1) is 12.7. The van der Waals surface area contributed by atoms with Crippen LogP contribution in [0.2, 0.25) is 0 Å². The zero-order chi connectivity index (χ0) is 20.1. The van der Waals surface area contributed by atoms with Crippen LogP contribution in [0.4, 0.5) is 0 Å². The van der Waals surface area contributed by atoms with Gasteiger partial charge in [-0.15, -0.1) is 35.3 Å². The highest BCUT2D eigenvalue weighted by Gasteiger charge is 2.32. The first-order valence-corrected chi connectivity index (χ1v) is 12.4. The molecule has 9 heteroatoms. The normalized spacial score (nSPS) is 21.8. The Hall–Kier alpha value is -0.390. The van der Waals surface area contributed by atoms with Crippen molar-refractivity contribution in [1.29, 1.82) is 0 Å². The Morgan fingerprint density at radius 1 is 1.39 bits per heavy atom. The molecule has 1 saturated heterocycles. The topological polar surface area (TPSA) is 73.8 Å². The average Bonchev–Trinajstić information content (AvgIpc) is 3.10. The van der Waals surface area contributed by atoms with E-state index in [4.69, 9.17) is 0 Å². The monoisotopic (exact) mass is 542 g/mol. The minimum atomic E-state index is -3.16. The van der Waals surface area contributed by atoms with Crippen LogP contribution in [0.15, 0.2) is 22.5 Å². The number of nitrogens with zero attached hydrogens (tertiary/aromatic N) is 2. The molecule has 2 atom stereocenters. The maximum atomic E-state index is 11.9. The Morgan fingerprint density at radius 3 is 2.68 bits per heavy atom. The number of sulfone groups is 1. The van der Waals surface area contributed by atoms with Gasteiger partial charge in [-0.3, -0.25) is 9.89 Å². The summed E-state index contributed by atoms with van der Waals surface area (Å²) in [4.78, 5) is 8.40. The number of hydrogen-bond donors (Lipinski definition) is 2. The van der Waals surface area contributed by atoms with Gasteiger partial charge in [0, 0.05) is 30.3 Å². The third-order valence-electron chi connectivity index (χ3n) is 5.34. The summed E-state index contributed by atoms with van der Waals surface area (Å²) in [6.45, 7) is 8.37. The average molecular weight is 543 g/mol. The molecule has 6 nitrogen and oxygen atoms in total. The fraction of sp³-hybridized carbons (Fsp3) is 0.737. The van der Waals surface area contributed by atoms with Crippen LogP contribution in [0.5, 0.6) is 0 Å². The maximum absolute atomic E-state index is 11.9. The highest BCUT2D eigenvalue weighted by atomic mass is 127. The lowest BCUT2D eigenvalue weighted by Crippen LogP contribution is -2.45. The lowest BCUT2D eigenvalue weighted by Gasteiger charge is -2.39. The number of likely N-dealkylation sites (tertiary alicyclic amines) is 1. The van der Waals surface area contributed by atoms with Crippen molar-refractivity contribution in [1.82, 2.24) is 15.5 Å². The minimum absolute atomic E-state index is 0. The maximum Gasteiger partial charge on any atom is 0.191 e. The number of aliphatic imine (C=N–C) groups is 1. The second-order valence-electron chi connectivity index (χ2n) is 7.95. The van der Waals surface area contributed by atoms with E-state index in [0.717, 1.165) is 19.6 Å². The quantitative estimate of drug-likeness (QED) is 0.315. The molecule has 0 aromatic carbocycles. The lowest BCUT2D eigenvalue weighted by molar-refractivity contribution is 0.125. The zero-order valence-corrected chi connectivity index (χ0v) is 21.5. The van der Waals surface area contributed by atoms with E-state index in [2.05, 4.69) is 45.1 Å². The molecular weight excluding hydrogens is 507 g/mol. The van der Waals surface area contributed by atoms with Crippen molar-refractivity contribution in [2.75, 3.05) is 39.5 Å².